The van der Waals surface area contributed by atoms with E-state index >= 15 is 0 Å². The van der Waals surface area contributed by atoms with Gasteiger partial charge in [0.25, 0.3) is 5.56 Å². The standard InChI is InChI=1S/C22H21ClN4O4S2/c1-2-31-17-6-4-16(5-7-17)26(22-25-18-12-33(29,30)13-19(18)32-22)11-15-9-21(28)27-10-14(23)3-8-20(27)24-15/h3-10,18-19H,2,11-13H2,1H3/t18-,19+/m0/s1. The average molecular weight is 505 g/mol. The van der Waals surface area contributed by atoms with E-state index in [9.17, 15) is 13.2 Å². The SMILES string of the molecule is CCOc1ccc(N(Cc2cc(=O)n3cc(Cl)ccc3n2)C2=N[C@H]3CS(=O)(=O)C[C@H]3S2)cc1. The van der Waals surface area contributed by atoms with Crippen molar-refractivity contribution in [1.29, 1.82) is 0 Å². The first kappa shape index (κ1) is 22.2. The Labute approximate surface area is 200 Å². The van der Waals surface area contributed by atoms with Gasteiger partial charge in [-0.05, 0) is 43.3 Å². The van der Waals surface area contributed by atoms with Crippen molar-refractivity contribution in [1.82, 2.24) is 9.38 Å². The number of thioether (sulfide) groups is 1. The van der Waals surface area contributed by atoms with E-state index in [1.54, 1.807) is 18.3 Å². The fourth-order valence-corrected chi connectivity index (χ4v) is 7.94. The number of pyridine rings is 1. The van der Waals surface area contributed by atoms with Crippen LogP contribution in [0.15, 0.2) is 58.4 Å². The second-order valence-electron chi connectivity index (χ2n) is 7.89. The maximum absolute atomic E-state index is 12.7. The Bertz CT molecular complexity index is 1410. The minimum absolute atomic E-state index is 0.0710. The van der Waals surface area contributed by atoms with Crippen LogP contribution in [0.5, 0.6) is 5.75 Å². The van der Waals surface area contributed by atoms with Crippen molar-refractivity contribution in [3.63, 3.8) is 0 Å². The molecule has 3 aromatic rings. The van der Waals surface area contributed by atoms with E-state index in [2.05, 4.69) is 4.98 Å². The Morgan fingerprint density at radius 2 is 2.00 bits per heavy atom. The largest absolute Gasteiger partial charge is 0.494 e. The molecule has 0 radical (unpaired) electrons. The maximum Gasteiger partial charge on any atom is 0.258 e. The van der Waals surface area contributed by atoms with E-state index in [4.69, 9.17) is 21.3 Å². The highest BCUT2D eigenvalue weighted by Gasteiger charge is 2.44. The minimum atomic E-state index is -3.05. The molecule has 0 bridgehead atoms. The number of nitrogens with zero attached hydrogens (tertiary/aromatic N) is 4. The lowest BCUT2D eigenvalue weighted by Crippen LogP contribution is -2.29. The molecule has 0 aliphatic carbocycles. The highest BCUT2D eigenvalue weighted by molar-refractivity contribution is 8.15. The Hall–Kier alpha value is -2.56. The molecule has 2 aliphatic rings. The Morgan fingerprint density at radius 1 is 1.21 bits per heavy atom. The summed E-state index contributed by atoms with van der Waals surface area (Å²) >= 11 is 7.48. The van der Waals surface area contributed by atoms with Crippen molar-refractivity contribution in [2.75, 3.05) is 23.0 Å². The van der Waals surface area contributed by atoms with Crippen LogP contribution in [0, 0.1) is 0 Å². The number of halogens is 1. The molecule has 1 fully saturated rings. The molecule has 172 valence electrons. The maximum atomic E-state index is 12.7. The van der Waals surface area contributed by atoms with E-state index in [1.165, 1.54) is 22.2 Å². The third-order valence-electron chi connectivity index (χ3n) is 5.49. The molecule has 33 heavy (non-hydrogen) atoms. The van der Waals surface area contributed by atoms with Gasteiger partial charge in [0.05, 0.1) is 41.4 Å². The number of aromatic nitrogens is 2. The molecule has 8 nitrogen and oxygen atoms in total. The van der Waals surface area contributed by atoms with Crippen LogP contribution in [-0.4, -0.2) is 52.4 Å². The van der Waals surface area contributed by atoms with E-state index < -0.39 is 9.84 Å². The highest BCUT2D eigenvalue weighted by Crippen LogP contribution is 2.37. The van der Waals surface area contributed by atoms with Gasteiger partial charge in [-0.3, -0.25) is 14.2 Å². The smallest absolute Gasteiger partial charge is 0.258 e. The molecule has 0 N–H and O–H groups in total. The molecule has 2 atom stereocenters. The van der Waals surface area contributed by atoms with Crippen molar-refractivity contribution in [2.24, 2.45) is 4.99 Å². The van der Waals surface area contributed by atoms with Gasteiger partial charge in [-0.2, -0.15) is 0 Å². The van der Waals surface area contributed by atoms with E-state index in [1.807, 2.05) is 36.1 Å². The first-order chi connectivity index (χ1) is 15.8. The summed E-state index contributed by atoms with van der Waals surface area (Å²) in [6.45, 7) is 2.80. The summed E-state index contributed by atoms with van der Waals surface area (Å²) < 4.78 is 31.0. The summed E-state index contributed by atoms with van der Waals surface area (Å²) in [5.74, 6) is 0.953. The number of fused-ring (bicyclic) bond motifs is 2. The van der Waals surface area contributed by atoms with Gasteiger partial charge in [0.15, 0.2) is 15.0 Å². The monoisotopic (exact) mass is 504 g/mol. The van der Waals surface area contributed by atoms with Crippen molar-refractivity contribution >= 4 is 49.7 Å². The number of aliphatic imine (C=N–C) groups is 1. The molecule has 1 aromatic carbocycles. The second kappa shape index (κ2) is 8.66. The molecule has 0 unspecified atom stereocenters. The summed E-state index contributed by atoms with van der Waals surface area (Å²) in [5.41, 5.74) is 1.69. The summed E-state index contributed by atoms with van der Waals surface area (Å²) in [5, 5.41) is 1.09. The molecular formula is C22H21ClN4O4S2. The van der Waals surface area contributed by atoms with E-state index in [0.717, 1.165) is 16.6 Å². The molecular weight excluding hydrogens is 484 g/mol. The highest BCUT2D eigenvalue weighted by atomic mass is 35.5. The number of amidine groups is 1. The lowest BCUT2D eigenvalue weighted by atomic mass is 10.2. The fraction of sp³-hybridized carbons (Fsp3) is 0.318. The third kappa shape index (κ3) is 4.60. The normalized spacial score (nSPS) is 21.1. The molecule has 5 rings (SSSR count). The molecule has 0 amide bonds. The van der Waals surface area contributed by atoms with Crippen LogP contribution in [-0.2, 0) is 16.4 Å². The van der Waals surface area contributed by atoms with Gasteiger partial charge < -0.3 is 9.64 Å². The van der Waals surface area contributed by atoms with Crippen LogP contribution in [0.4, 0.5) is 5.69 Å². The Kier molecular flexibility index (Phi) is 5.84. The number of sulfone groups is 1. The van der Waals surface area contributed by atoms with Gasteiger partial charge in [-0.25, -0.2) is 13.4 Å². The minimum Gasteiger partial charge on any atom is -0.494 e. The fourth-order valence-electron chi connectivity index (χ4n) is 4.00. The molecule has 2 aromatic heterocycles. The number of hydrogen-bond acceptors (Lipinski definition) is 8. The summed E-state index contributed by atoms with van der Waals surface area (Å²) in [7, 11) is -3.05. The van der Waals surface area contributed by atoms with Gasteiger partial charge in [-0.1, -0.05) is 23.4 Å². The molecule has 1 saturated heterocycles. The lowest BCUT2D eigenvalue weighted by Gasteiger charge is -2.24. The van der Waals surface area contributed by atoms with Crippen molar-refractivity contribution in [3.05, 3.63) is 69.7 Å². The van der Waals surface area contributed by atoms with Crippen LogP contribution in [0.3, 0.4) is 0 Å². The predicted molar refractivity (Wildman–Crippen MR) is 132 cm³/mol. The first-order valence-corrected chi connectivity index (χ1v) is 13.5. The van der Waals surface area contributed by atoms with Gasteiger partial charge in [0, 0.05) is 23.2 Å². The number of anilines is 1. The third-order valence-corrected chi connectivity index (χ3v) is 8.96. The first-order valence-electron chi connectivity index (χ1n) is 10.4. The summed E-state index contributed by atoms with van der Waals surface area (Å²) in [6.07, 6.45) is 1.54. The molecule has 4 heterocycles. The zero-order chi connectivity index (χ0) is 23.2. The van der Waals surface area contributed by atoms with Crippen molar-refractivity contribution in [2.45, 2.75) is 24.8 Å². The lowest BCUT2D eigenvalue weighted by molar-refractivity contribution is 0.340. The van der Waals surface area contributed by atoms with Crippen molar-refractivity contribution in [3.8, 4) is 5.75 Å². The topological polar surface area (TPSA) is 93.3 Å². The molecule has 0 saturated carbocycles. The molecule has 2 aliphatic heterocycles. The van der Waals surface area contributed by atoms with Gasteiger partial charge >= 0.3 is 0 Å². The van der Waals surface area contributed by atoms with E-state index in [0.29, 0.717) is 29.5 Å². The van der Waals surface area contributed by atoms with Gasteiger partial charge in [-0.15, -0.1) is 0 Å². The Morgan fingerprint density at radius 3 is 2.73 bits per heavy atom. The Balaban J connectivity index is 1.51. The van der Waals surface area contributed by atoms with Gasteiger partial charge in [0.2, 0.25) is 0 Å². The number of benzene rings is 1. The molecule has 11 heteroatoms. The van der Waals surface area contributed by atoms with Crippen LogP contribution in [0.2, 0.25) is 5.02 Å². The van der Waals surface area contributed by atoms with Crippen molar-refractivity contribution < 1.29 is 13.2 Å². The van der Waals surface area contributed by atoms with Gasteiger partial charge in [0.1, 0.15) is 11.4 Å². The second-order valence-corrected chi connectivity index (χ2v) is 11.7. The number of ether oxygens (including phenoxy) is 1. The summed E-state index contributed by atoms with van der Waals surface area (Å²) in [4.78, 5) is 24.0. The van der Waals surface area contributed by atoms with Crippen LogP contribution < -0.4 is 15.2 Å². The van der Waals surface area contributed by atoms with Crippen LogP contribution in [0.25, 0.3) is 5.65 Å². The average Bonchev–Trinajstić information content (AvgIpc) is 3.27. The van der Waals surface area contributed by atoms with Crippen LogP contribution in [0.1, 0.15) is 12.6 Å². The van der Waals surface area contributed by atoms with E-state index in [-0.39, 0.29) is 28.4 Å². The number of rotatable bonds is 5. The van der Waals surface area contributed by atoms with Crippen LogP contribution >= 0.6 is 23.4 Å². The quantitative estimate of drug-likeness (QED) is 0.527. The summed E-state index contributed by atoms with van der Waals surface area (Å²) in [6, 6.07) is 12.2. The zero-order valence-corrected chi connectivity index (χ0v) is 20.1. The molecule has 0 spiro atoms. The zero-order valence-electron chi connectivity index (χ0n) is 17.7. The number of hydrogen-bond donors (Lipinski definition) is 0. The predicted octanol–water partition coefficient (Wildman–Crippen LogP) is 3.02.